The van der Waals surface area contributed by atoms with Crippen LogP contribution < -0.4 is 5.32 Å². The van der Waals surface area contributed by atoms with Gasteiger partial charge in [0.15, 0.2) is 0 Å². The smallest absolute Gasteiger partial charge is 0.243 e. The Bertz CT molecular complexity index is 1070. The molecule has 32 heavy (non-hydrogen) atoms. The van der Waals surface area contributed by atoms with Crippen molar-refractivity contribution in [3.8, 4) is 0 Å². The van der Waals surface area contributed by atoms with Crippen LogP contribution in [0.15, 0.2) is 33.6 Å². The van der Waals surface area contributed by atoms with E-state index in [1.54, 1.807) is 29.2 Å². The highest BCUT2D eigenvalue weighted by molar-refractivity contribution is 9.10. The fraction of sp³-hybridized carbons (Fsp3) is 0.500. The van der Waals surface area contributed by atoms with E-state index in [0.717, 1.165) is 9.48 Å². The molecule has 174 valence electrons. The SMILES string of the molecule is CC(C)(C)c1nnc(NC(=O)CCC(=O)N2CCN(S(=O)(=O)c3ccc(Br)cc3)CC2)s1. The Morgan fingerprint density at radius 3 is 2.25 bits per heavy atom. The predicted molar refractivity (Wildman–Crippen MR) is 126 cm³/mol. The molecular weight excluding hydrogens is 518 g/mol. The zero-order valence-electron chi connectivity index (χ0n) is 18.2. The molecule has 1 aromatic carbocycles. The summed E-state index contributed by atoms with van der Waals surface area (Å²) in [6.45, 7) is 7.07. The van der Waals surface area contributed by atoms with Gasteiger partial charge in [0.05, 0.1) is 4.90 Å². The molecule has 0 radical (unpaired) electrons. The molecule has 1 aliphatic heterocycles. The third kappa shape index (κ3) is 6.12. The minimum absolute atomic E-state index is 0.0284. The molecule has 1 aromatic heterocycles. The number of rotatable bonds is 6. The van der Waals surface area contributed by atoms with E-state index >= 15 is 0 Å². The van der Waals surface area contributed by atoms with Gasteiger partial charge in [0.2, 0.25) is 27.0 Å². The molecule has 0 aliphatic carbocycles. The lowest BCUT2D eigenvalue weighted by Gasteiger charge is -2.34. The molecule has 0 atom stereocenters. The van der Waals surface area contributed by atoms with Gasteiger partial charge in [-0.15, -0.1) is 10.2 Å². The second kappa shape index (κ2) is 9.94. The van der Waals surface area contributed by atoms with Gasteiger partial charge in [-0.3, -0.25) is 9.59 Å². The van der Waals surface area contributed by atoms with Crippen LogP contribution in [-0.4, -0.2) is 65.8 Å². The number of nitrogens with one attached hydrogen (secondary N) is 1. The van der Waals surface area contributed by atoms with Crippen LogP contribution in [0, 0.1) is 0 Å². The van der Waals surface area contributed by atoms with Crippen molar-refractivity contribution in [3.63, 3.8) is 0 Å². The number of hydrogen-bond acceptors (Lipinski definition) is 7. The first-order chi connectivity index (χ1) is 15.0. The number of sulfonamides is 1. The molecule has 2 aromatic rings. The number of amides is 2. The second-order valence-corrected chi connectivity index (χ2v) is 12.3. The summed E-state index contributed by atoms with van der Waals surface area (Å²) in [6.07, 6.45) is 0.0803. The number of anilines is 1. The maximum absolute atomic E-state index is 12.8. The van der Waals surface area contributed by atoms with Crippen molar-refractivity contribution in [1.82, 2.24) is 19.4 Å². The summed E-state index contributed by atoms with van der Waals surface area (Å²) >= 11 is 4.61. The Kier molecular flexibility index (Phi) is 7.69. The predicted octanol–water partition coefficient (Wildman–Crippen LogP) is 2.85. The maximum atomic E-state index is 12.8. The zero-order valence-corrected chi connectivity index (χ0v) is 21.4. The van der Waals surface area contributed by atoms with Crippen molar-refractivity contribution in [2.24, 2.45) is 0 Å². The Morgan fingerprint density at radius 2 is 1.69 bits per heavy atom. The van der Waals surface area contributed by atoms with E-state index in [9.17, 15) is 18.0 Å². The molecule has 2 amide bonds. The molecule has 1 fully saturated rings. The number of benzene rings is 1. The Labute approximate surface area is 200 Å². The summed E-state index contributed by atoms with van der Waals surface area (Å²) in [6, 6.07) is 6.47. The molecule has 0 unspecified atom stereocenters. The number of carbonyl (C=O) groups excluding carboxylic acids is 2. The van der Waals surface area contributed by atoms with E-state index in [1.807, 2.05) is 20.8 Å². The largest absolute Gasteiger partial charge is 0.340 e. The lowest BCUT2D eigenvalue weighted by molar-refractivity contribution is -0.133. The first kappa shape index (κ1) is 24.7. The highest BCUT2D eigenvalue weighted by Crippen LogP contribution is 2.27. The average Bonchev–Trinajstić information content (AvgIpc) is 3.21. The zero-order chi connectivity index (χ0) is 23.5. The fourth-order valence-electron chi connectivity index (χ4n) is 3.07. The van der Waals surface area contributed by atoms with Gasteiger partial charge in [0.1, 0.15) is 5.01 Å². The van der Waals surface area contributed by atoms with Crippen LogP contribution in [-0.2, 0) is 25.0 Å². The van der Waals surface area contributed by atoms with Crippen molar-refractivity contribution < 1.29 is 18.0 Å². The van der Waals surface area contributed by atoms with Crippen molar-refractivity contribution in [1.29, 1.82) is 0 Å². The first-order valence-corrected chi connectivity index (χ1v) is 13.2. The molecule has 12 heteroatoms. The average molecular weight is 544 g/mol. The van der Waals surface area contributed by atoms with Crippen LogP contribution in [0.4, 0.5) is 5.13 Å². The number of nitrogens with zero attached hydrogens (tertiary/aromatic N) is 4. The van der Waals surface area contributed by atoms with Gasteiger partial charge in [-0.05, 0) is 24.3 Å². The van der Waals surface area contributed by atoms with Crippen LogP contribution in [0.1, 0.15) is 38.6 Å². The highest BCUT2D eigenvalue weighted by atomic mass is 79.9. The second-order valence-electron chi connectivity index (χ2n) is 8.45. The van der Waals surface area contributed by atoms with E-state index in [-0.39, 0.29) is 48.1 Å². The first-order valence-electron chi connectivity index (χ1n) is 10.1. The quantitative estimate of drug-likeness (QED) is 0.599. The van der Waals surface area contributed by atoms with E-state index in [0.29, 0.717) is 18.2 Å². The number of aromatic nitrogens is 2. The molecule has 1 aliphatic rings. The lowest BCUT2D eigenvalue weighted by atomic mass is 9.98. The summed E-state index contributed by atoms with van der Waals surface area (Å²) in [5, 5.41) is 12.0. The Morgan fingerprint density at radius 1 is 1.06 bits per heavy atom. The minimum Gasteiger partial charge on any atom is -0.340 e. The van der Waals surface area contributed by atoms with Crippen LogP contribution in [0.2, 0.25) is 0 Å². The summed E-state index contributed by atoms with van der Waals surface area (Å²) in [4.78, 5) is 26.5. The van der Waals surface area contributed by atoms with E-state index in [2.05, 4.69) is 31.4 Å². The fourth-order valence-corrected chi connectivity index (χ4v) is 5.57. The van der Waals surface area contributed by atoms with Crippen LogP contribution in [0.3, 0.4) is 0 Å². The van der Waals surface area contributed by atoms with Gasteiger partial charge in [0.25, 0.3) is 0 Å². The van der Waals surface area contributed by atoms with Crippen molar-refractivity contribution in [3.05, 3.63) is 33.7 Å². The number of halogens is 1. The molecule has 3 rings (SSSR count). The standard InChI is InChI=1S/C20H26BrN5O4S2/c1-20(2,3)18-23-24-19(31-18)22-16(27)8-9-17(28)25-10-12-26(13-11-25)32(29,30)15-6-4-14(21)5-7-15/h4-7H,8-13H2,1-3H3,(H,22,24,27). The van der Waals surface area contributed by atoms with Gasteiger partial charge in [0, 0.05) is 48.9 Å². The van der Waals surface area contributed by atoms with E-state index < -0.39 is 10.0 Å². The maximum Gasteiger partial charge on any atom is 0.243 e. The highest BCUT2D eigenvalue weighted by Gasteiger charge is 2.30. The summed E-state index contributed by atoms with van der Waals surface area (Å²) in [5.74, 6) is -0.472. The van der Waals surface area contributed by atoms with Crippen molar-refractivity contribution in [2.45, 2.75) is 43.9 Å². The molecule has 9 nitrogen and oxygen atoms in total. The van der Waals surface area contributed by atoms with Gasteiger partial charge in [-0.25, -0.2) is 8.42 Å². The molecule has 0 spiro atoms. The number of hydrogen-bond donors (Lipinski definition) is 1. The van der Waals surface area contributed by atoms with E-state index in [1.165, 1.54) is 15.6 Å². The Balaban J connectivity index is 1.46. The molecule has 0 saturated carbocycles. The third-order valence-electron chi connectivity index (χ3n) is 4.92. The molecular formula is C20H26BrN5O4S2. The van der Waals surface area contributed by atoms with Gasteiger partial charge < -0.3 is 10.2 Å². The normalized spacial score (nSPS) is 15.6. The molecule has 1 N–H and O–H groups in total. The van der Waals surface area contributed by atoms with Crippen LogP contribution in [0.25, 0.3) is 0 Å². The molecule has 0 bridgehead atoms. The topological polar surface area (TPSA) is 113 Å². The van der Waals surface area contributed by atoms with Gasteiger partial charge in [-0.2, -0.15) is 4.31 Å². The molecule has 2 heterocycles. The van der Waals surface area contributed by atoms with Gasteiger partial charge >= 0.3 is 0 Å². The lowest BCUT2D eigenvalue weighted by Crippen LogP contribution is -2.50. The monoisotopic (exact) mass is 543 g/mol. The van der Waals surface area contributed by atoms with E-state index in [4.69, 9.17) is 0 Å². The Hall–Kier alpha value is -1.89. The summed E-state index contributed by atoms with van der Waals surface area (Å²) in [7, 11) is -3.60. The number of piperazine rings is 1. The number of carbonyl (C=O) groups is 2. The summed E-state index contributed by atoms with van der Waals surface area (Å²) in [5.41, 5.74) is -0.149. The van der Waals surface area contributed by atoms with Crippen molar-refractivity contribution in [2.75, 3.05) is 31.5 Å². The van der Waals surface area contributed by atoms with Crippen molar-refractivity contribution >= 4 is 54.2 Å². The van der Waals surface area contributed by atoms with Gasteiger partial charge in [-0.1, -0.05) is 48.0 Å². The minimum atomic E-state index is -3.60. The van der Waals surface area contributed by atoms with Crippen LogP contribution in [0.5, 0.6) is 0 Å². The van der Waals surface area contributed by atoms with Crippen LogP contribution >= 0.6 is 27.3 Å². The molecule has 1 saturated heterocycles. The summed E-state index contributed by atoms with van der Waals surface area (Å²) < 4.78 is 27.7. The third-order valence-corrected chi connectivity index (χ3v) is 8.63.